The molecule has 0 bridgehead atoms. The van der Waals surface area contributed by atoms with Crippen molar-refractivity contribution in [2.75, 3.05) is 11.9 Å². The molecule has 0 saturated carbocycles. The van der Waals surface area contributed by atoms with Crippen LogP contribution < -0.4 is 10.1 Å². The summed E-state index contributed by atoms with van der Waals surface area (Å²) in [5, 5.41) is 7.42. The van der Waals surface area contributed by atoms with E-state index in [1.165, 1.54) is 6.08 Å². The fraction of sp³-hybridized carbons (Fsp3) is 0.125. The quantitative estimate of drug-likeness (QED) is 0.886. The van der Waals surface area contributed by atoms with Gasteiger partial charge in [0.15, 0.2) is 5.82 Å². The third-order valence-corrected chi connectivity index (χ3v) is 3.36. The summed E-state index contributed by atoms with van der Waals surface area (Å²) in [5.41, 5.74) is 1.80. The van der Waals surface area contributed by atoms with E-state index in [4.69, 9.17) is 16.3 Å². The van der Waals surface area contributed by atoms with E-state index in [9.17, 15) is 4.79 Å². The Balaban J connectivity index is 1.69. The van der Waals surface area contributed by atoms with E-state index in [0.717, 1.165) is 16.9 Å². The molecule has 1 aliphatic heterocycles. The summed E-state index contributed by atoms with van der Waals surface area (Å²) >= 11 is 5.97. The molecule has 0 unspecified atom stereocenters. The molecule has 112 valence electrons. The first-order valence-electron chi connectivity index (χ1n) is 6.72. The van der Waals surface area contributed by atoms with Crippen LogP contribution in [0.3, 0.4) is 0 Å². The van der Waals surface area contributed by atoms with Crippen LogP contribution >= 0.6 is 11.6 Å². The number of nitrogens with one attached hydrogen (secondary N) is 1. The lowest BCUT2D eigenvalue weighted by molar-refractivity contribution is -0.111. The summed E-state index contributed by atoms with van der Waals surface area (Å²) in [4.78, 5) is 11.8. The maximum Gasteiger partial charge on any atom is 0.249 e. The second kappa shape index (κ2) is 6.07. The Labute approximate surface area is 132 Å². The lowest BCUT2D eigenvalue weighted by atomic mass is 10.1. The molecule has 1 N–H and O–H groups in total. The van der Waals surface area contributed by atoms with Crippen molar-refractivity contribution in [3.63, 3.8) is 0 Å². The normalized spacial score (nSPS) is 13.5. The van der Waals surface area contributed by atoms with Crippen molar-refractivity contribution in [2.24, 2.45) is 7.05 Å². The number of hydrogen-bond donors (Lipinski definition) is 1. The topological polar surface area (TPSA) is 56.2 Å². The number of ether oxygens (including phenoxy) is 1. The van der Waals surface area contributed by atoms with Gasteiger partial charge in [-0.1, -0.05) is 17.7 Å². The van der Waals surface area contributed by atoms with Crippen LogP contribution in [0.2, 0.25) is 5.02 Å². The summed E-state index contributed by atoms with van der Waals surface area (Å²) in [6.07, 6.45) is 6.90. The lowest BCUT2D eigenvalue weighted by Crippen LogP contribution is -2.10. The number of halogens is 1. The molecule has 3 rings (SSSR count). The van der Waals surface area contributed by atoms with Gasteiger partial charge in [-0.2, -0.15) is 5.10 Å². The van der Waals surface area contributed by atoms with E-state index in [2.05, 4.69) is 10.4 Å². The van der Waals surface area contributed by atoms with Crippen LogP contribution in [0.4, 0.5) is 5.82 Å². The number of fused-ring (bicyclic) bond motifs is 1. The highest BCUT2D eigenvalue weighted by atomic mass is 35.5. The van der Waals surface area contributed by atoms with Gasteiger partial charge in [0.1, 0.15) is 12.4 Å². The Morgan fingerprint density at radius 3 is 3.09 bits per heavy atom. The van der Waals surface area contributed by atoms with E-state index >= 15 is 0 Å². The fourth-order valence-electron chi connectivity index (χ4n) is 2.09. The first-order chi connectivity index (χ1) is 10.6. The van der Waals surface area contributed by atoms with E-state index < -0.39 is 0 Å². The van der Waals surface area contributed by atoms with E-state index in [0.29, 0.717) is 17.4 Å². The number of aryl methyl sites for hydroxylation is 1. The molecule has 6 heteroatoms. The van der Waals surface area contributed by atoms with Gasteiger partial charge in [0.05, 0.1) is 0 Å². The van der Waals surface area contributed by atoms with Gasteiger partial charge in [-0.15, -0.1) is 0 Å². The summed E-state index contributed by atoms with van der Waals surface area (Å²) in [7, 11) is 1.79. The minimum absolute atomic E-state index is 0.239. The smallest absolute Gasteiger partial charge is 0.249 e. The van der Waals surface area contributed by atoms with Gasteiger partial charge in [0.2, 0.25) is 5.91 Å². The predicted molar refractivity (Wildman–Crippen MR) is 85.9 cm³/mol. The van der Waals surface area contributed by atoms with Gasteiger partial charge in [-0.25, -0.2) is 0 Å². The molecule has 0 radical (unpaired) electrons. The number of carbonyl (C=O) groups is 1. The van der Waals surface area contributed by atoms with Crippen molar-refractivity contribution in [2.45, 2.75) is 0 Å². The zero-order valence-electron chi connectivity index (χ0n) is 11.9. The number of benzene rings is 1. The average Bonchev–Trinajstić information content (AvgIpc) is 2.89. The number of carbonyl (C=O) groups excluding carboxylic acids is 1. The average molecular weight is 316 g/mol. The second-order valence-corrected chi connectivity index (χ2v) is 5.32. The maximum absolute atomic E-state index is 11.8. The molecule has 1 aromatic carbocycles. The summed E-state index contributed by atoms with van der Waals surface area (Å²) in [6.45, 7) is 0.419. The molecule has 1 amide bonds. The lowest BCUT2D eigenvalue weighted by Gasteiger charge is -2.16. The van der Waals surface area contributed by atoms with Crippen molar-refractivity contribution in [1.82, 2.24) is 9.78 Å². The Hall–Kier alpha value is -2.53. The zero-order chi connectivity index (χ0) is 15.5. The molecule has 0 aliphatic carbocycles. The van der Waals surface area contributed by atoms with Gasteiger partial charge in [-0.05, 0) is 29.8 Å². The van der Waals surface area contributed by atoms with Gasteiger partial charge < -0.3 is 10.1 Å². The highest BCUT2D eigenvalue weighted by Crippen LogP contribution is 2.29. The minimum Gasteiger partial charge on any atom is -0.488 e. The SMILES string of the molecule is Cn1ccc(NC(=O)/C=C/C2=Cc3cc(Cl)ccc3OC2)n1. The zero-order valence-corrected chi connectivity index (χ0v) is 12.7. The standard InChI is InChI=1S/C16H14ClN3O2/c1-20-7-6-15(19-20)18-16(21)5-2-11-8-12-9-13(17)3-4-14(12)22-10-11/h2-9H,10H2,1H3,(H,18,19,21)/b5-2+. The molecule has 2 aromatic rings. The van der Waals surface area contributed by atoms with Crippen LogP contribution in [0.25, 0.3) is 6.08 Å². The van der Waals surface area contributed by atoms with Crippen molar-refractivity contribution in [3.05, 3.63) is 58.8 Å². The summed E-state index contributed by atoms with van der Waals surface area (Å²) in [6, 6.07) is 7.18. The number of rotatable bonds is 3. The molecule has 5 nitrogen and oxygen atoms in total. The van der Waals surface area contributed by atoms with Crippen LogP contribution in [0.5, 0.6) is 5.75 Å². The maximum atomic E-state index is 11.8. The van der Waals surface area contributed by atoms with Crippen LogP contribution in [-0.2, 0) is 11.8 Å². The molecule has 22 heavy (non-hydrogen) atoms. The molecule has 0 fully saturated rings. The monoisotopic (exact) mass is 315 g/mol. The molecular formula is C16H14ClN3O2. The molecule has 1 aromatic heterocycles. The number of anilines is 1. The van der Waals surface area contributed by atoms with Gasteiger partial charge in [-0.3, -0.25) is 9.48 Å². The Bertz CT molecular complexity index is 777. The Morgan fingerprint density at radius 2 is 2.32 bits per heavy atom. The number of hydrogen-bond acceptors (Lipinski definition) is 3. The van der Waals surface area contributed by atoms with Crippen LogP contribution in [0, 0.1) is 0 Å². The highest BCUT2D eigenvalue weighted by Gasteiger charge is 2.10. The second-order valence-electron chi connectivity index (χ2n) is 4.89. The predicted octanol–water partition coefficient (Wildman–Crippen LogP) is 3.04. The molecule has 2 heterocycles. The van der Waals surface area contributed by atoms with Crippen molar-refractivity contribution in [1.29, 1.82) is 0 Å². The number of amides is 1. The third kappa shape index (κ3) is 3.38. The molecule has 0 spiro atoms. The first-order valence-corrected chi connectivity index (χ1v) is 7.09. The third-order valence-electron chi connectivity index (χ3n) is 3.12. The Morgan fingerprint density at radius 1 is 1.45 bits per heavy atom. The molecular weight excluding hydrogens is 302 g/mol. The minimum atomic E-state index is -0.239. The highest BCUT2D eigenvalue weighted by molar-refractivity contribution is 6.30. The number of aromatic nitrogens is 2. The van der Waals surface area contributed by atoms with Crippen molar-refractivity contribution < 1.29 is 9.53 Å². The molecule has 0 saturated heterocycles. The van der Waals surface area contributed by atoms with Crippen LogP contribution in [0.1, 0.15) is 5.56 Å². The van der Waals surface area contributed by atoms with E-state index in [1.807, 2.05) is 18.2 Å². The summed E-state index contributed by atoms with van der Waals surface area (Å²) < 4.78 is 7.24. The Kier molecular flexibility index (Phi) is 3.98. The van der Waals surface area contributed by atoms with Gasteiger partial charge in [0, 0.05) is 36.0 Å². The van der Waals surface area contributed by atoms with Crippen LogP contribution in [0.15, 0.2) is 48.2 Å². The van der Waals surface area contributed by atoms with Crippen molar-refractivity contribution in [3.8, 4) is 5.75 Å². The van der Waals surface area contributed by atoms with E-state index in [-0.39, 0.29) is 5.91 Å². The molecule has 0 atom stereocenters. The van der Waals surface area contributed by atoms with Gasteiger partial charge >= 0.3 is 0 Å². The largest absolute Gasteiger partial charge is 0.488 e. The van der Waals surface area contributed by atoms with Crippen molar-refractivity contribution >= 4 is 29.4 Å². The summed E-state index contributed by atoms with van der Waals surface area (Å²) in [5.74, 6) is 1.07. The number of nitrogens with zero attached hydrogens (tertiary/aromatic N) is 2. The first kappa shape index (κ1) is 14.4. The van der Waals surface area contributed by atoms with Gasteiger partial charge in [0.25, 0.3) is 0 Å². The van der Waals surface area contributed by atoms with Crippen LogP contribution in [-0.4, -0.2) is 22.3 Å². The fourth-order valence-corrected chi connectivity index (χ4v) is 2.28. The van der Waals surface area contributed by atoms with E-state index in [1.54, 1.807) is 36.1 Å². The molecule has 1 aliphatic rings.